The average Bonchev–Trinajstić information content (AvgIpc) is 3.07. The van der Waals surface area contributed by atoms with Crippen LogP contribution >= 0.6 is 0 Å². The Labute approximate surface area is 142 Å². The van der Waals surface area contributed by atoms with E-state index in [0.717, 1.165) is 18.4 Å². The largest absolute Gasteiger partial charge is 0.368 e. The Morgan fingerprint density at radius 3 is 2.50 bits per heavy atom. The normalized spacial score (nSPS) is 14.8. The summed E-state index contributed by atoms with van der Waals surface area (Å²) in [4.78, 5) is 21.6. The number of aromatic nitrogens is 2. The molecule has 2 N–H and O–H groups in total. The SMILES string of the molecule is CC(C)Nc1cc(C(=O)NC2CCCC2)nc(-c2ccccc2)n1. The lowest BCUT2D eigenvalue weighted by Crippen LogP contribution is -2.33. The molecule has 0 spiro atoms. The number of hydrogen-bond donors (Lipinski definition) is 2. The number of nitrogens with zero attached hydrogens (tertiary/aromatic N) is 2. The molecule has 5 heteroatoms. The van der Waals surface area contributed by atoms with E-state index < -0.39 is 0 Å². The molecule has 1 aliphatic rings. The molecule has 126 valence electrons. The van der Waals surface area contributed by atoms with Crippen molar-refractivity contribution in [3.05, 3.63) is 42.1 Å². The van der Waals surface area contributed by atoms with Crippen LogP contribution in [0.3, 0.4) is 0 Å². The Morgan fingerprint density at radius 1 is 1.12 bits per heavy atom. The topological polar surface area (TPSA) is 66.9 Å². The van der Waals surface area contributed by atoms with Crippen LogP contribution in [-0.4, -0.2) is 28.0 Å². The van der Waals surface area contributed by atoms with Crippen molar-refractivity contribution in [1.82, 2.24) is 15.3 Å². The highest BCUT2D eigenvalue weighted by molar-refractivity contribution is 5.93. The number of carbonyl (C=O) groups excluding carboxylic acids is 1. The molecule has 5 nitrogen and oxygen atoms in total. The first-order valence-electron chi connectivity index (χ1n) is 8.64. The van der Waals surface area contributed by atoms with Gasteiger partial charge in [0.25, 0.3) is 5.91 Å². The monoisotopic (exact) mass is 324 g/mol. The van der Waals surface area contributed by atoms with E-state index in [0.29, 0.717) is 17.3 Å². The summed E-state index contributed by atoms with van der Waals surface area (Å²) < 4.78 is 0. The summed E-state index contributed by atoms with van der Waals surface area (Å²) >= 11 is 0. The van der Waals surface area contributed by atoms with Gasteiger partial charge >= 0.3 is 0 Å². The molecule has 1 heterocycles. The zero-order valence-corrected chi connectivity index (χ0v) is 14.2. The van der Waals surface area contributed by atoms with Crippen molar-refractivity contribution >= 4 is 11.7 Å². The lowest BCUT2D eigenvalue weighted by Gasteiger charge is -2.14. The molecule has 1 fully saturated rings. The van der Waals surface area contributed by atoms with Gasteiger partial charge in [0.1, 0.15) is 11.5 Å². The summed E-state index contributed by atoms with van der Waals surface area (Å²) in [6.07, 6.45) is 4.48. The van der Waals surface area contributed by atoms with Crippen LogP contribution in [0, 0.1) is 0 Å². The highest BCUT2D eigenvalue weighted by Gasteiger charge is 2.20. The molecule has 0 unspecified atom stereocenters. The van der Waals surface area contributed by atoms with Gasteiger partial charge in [-0.1, -0.05) is 43.2 Å². The van der Waals surface area contributed by atoms with E-state index in [9.17, 15) is 4.79 Å². The maximum atomic E-state index is 12.6. The van der Waals surface area contributed by atoms with Crippen molar-refractivity contribution in [2.45, 2.75) is 51.6 Å². The predicted octanol–water partition coefficient (Wildman–Crippen LogP) is 3.64. The Kier molecular flexibility index (Phi) is 5.08. The summed E-state index contributed by atoms with van der Waals surface area (Å²) in [5, 5.41) is 6.37. The minimum absolute atomic E-state index is 0.117. The van der Waals surface area contributed by atoms with E-state index in [1.807, 2.05) is 44.2 Å². The fraction of sp³-hybridized carbons (Fsp3) is 0.421. The van der Waals surface area contributed by atoms with Crippen LogP contribution in [-0.2, 0) is 0 Å². The summed E-state index contributed by atoms with van der Waals surface area (Å²) in [6, 6.07) is 12.0. The Morgan fingerprint density at radius 2 is 1.83 bits per heavy atom. The maximum Gasteiger partial charge on any atom is 0.270 e. The zero-order valence-electron chi connectivity index (χ0n) is 14.2. The minimum atomic E-state index is -0.117. The Balaban J connectivity index is 1.90. The van der Waals surface area contributed by atoms with Gasteiger partial charge in [-0.25, -0.2) is 9.97 Å². The van der Waals surface area contributed by atoms with Gasteiger partial charge in [0.2, 0.25) is 0 Å². The number of rotatable bonds is 5. The van der Waals surface area contributed by atoms with Gasteiger partial charge in [-0.15, -0.1) is 0 Å². The van der Waals surface area contributed by atoms with Gasteiger partial charge in [0.05, 0.1) is 0 Å². The van der Waals surface area contributed by atoms with E-state index in [4.69, 9.17) is 0 Å². The lowest BCUT2D eigenvalue weighted by molar-refractivity contribution is 0.0933. The van der Waals surface area contributed by atoms with Crippen LogP contribution in [0.1, 0.15) is 50.0 Å². The molecule has 24 heavy (non-hydrogen) atoms. The molecule has 1 saturated carbocycles. The minimum Gasteiger partial charge on any atom is -0.368 e. The number of anilines is 1. The first-order chi connectivity index (χ1) is 11.6. The van der Waals surface area contributed by atoms with Crippen molar-refractivity contribution < 1.29 is 4.79 Å². The average molecular weight is 324 g/mol. The van der Waals surface area contributed by atoms with Crippen molar-refractivity contribution in [2.75, 3.05) is 5.32 Å². The second-order valence-electron chi connectivity index (χ2n) is 6.58. The Bertz CT molecular complexity index is 694. The molecule has 1 aromatic carbocycles. The number of carbonyl (C=O) groups is 1. The standard InChI is InChI=1S/C19H24N4O/c1-13(2)20-17-12-16(19(24)21-15-10-6-7-11-15)22-18(23-17)14-8-4-3-5-9-14/h3-5,8-9,12-13,15H,6-7,10-11H2,1-2H3,(H,21,24)(H,20,22,23). The molecule has 0 bridgehead atoms. The lowest BCUT2D eigenvalue weighted by atomic mass is 10.2. The summed E-state index contributed by atoms with van der Waals surface area (Å²) in [7, 11) is 0. The van der Waals surface area contributed by atoms with Crippen molar-refractivity contribution in [2.24, 2.45) is 0 Å². The fourth-order valence-electron chi connectivity index (χ4n) is 2.98. The quantitative estimate of drug-likeness (QED) is 0.881. The number of benzene rings is 1. The van der Waals surface area contributed by atoms with Crippen molar-refractivity contribution in [3.8, 4) is 11.4 Å². The van der Waals surface area contributed by atoms with Crippen molar-refractivity contribution in [3.63, 3.8) is 0 Å². The van der Waals surface area contributed by atoms with Gasteiger partial charge < -0.3 is 10.6 Å². The molecule has 2 aromatic rings. The van der Waals surface area contributed by atoms with Crippen LogP contribution in [0.5, 0.6) is 0 Å². The molecule has 0 aliphatic heterocycles. The summed E-state index contributed by atoms with van der Waals surface area (Å²) in [5.41, 5.74) is 1.32. The molecule has 3 rings (SSSR count). The second-order valence-corrected chi connectivity index (χ2v) is 6.58. The van der Waals surface area contributed by atoms with E-state index >= 15 is 0 Å². The second kappa shape index (κ2) is 7.43. The molecule has 0 atom stereocenters. The van der Waals surface area contributed by atoms with E-state index in [-0.39, 0.29) is 18.0 Å². The maximum absolute atomic E-state index is 12.6. The molecule has 0 saturated heterocycles. The molecular formula is C19H24N4O. The highest BCUT2D eigenvalue weighted by atomic mass is 16.1. The van der Waals surface area contributed by atoms with Gasteiger partial charge in [-0.3, -0.25) is 4.79 Å². The summed E-state index contributed by atoms with van der Waals surface area (Å²) in [5.74, 6) is 1.13. The Hall–Kier alpha value is -2.43. The van der Waals surface area contributed by atoms with Crippen LogP contribution in [0.15, 0.2) is 36.4 Å². The van der Waals surface area contributed by atoms with Gasteiger partial charge in [-0.2, -0.15) is 0 Å². The predicted molar refractivity (Wildman–Crippen MR) is 95.9 cm³/mol. The molecule has 1 amide bonds. The van der Waals surface area contributed by atoms with Gasteiger partial charge in [-0.05, 0) is 26.7 Å². The smallest absolute Gasteiger partial charge is 0.270 e. The van der Waals surface area contributed by atoms with Gasteiger partial charge in [0, 0.05) is 23.7 Å². The first kappa shape index (κ1) is 16.4. The van der Waals surface area contributed by atoms with Gasteiger partial charge in [0.15, 0.2) is 5.82 Å². The molecule has 0 radical (unpaired) electrons. The van der Waals surface area contributed by atoms with E-state index in [1.54, 1.807) is 6.07 Å². The van der Waals surface area contributed by atoms with Crippen LogP contribution in [0.4, 0.5) is 5.82 Å². The molecular weight excluding hydrogens is 300 g/mol. The van der Waals surface area contributed by atoms with Crippen LogP contribution < -0.4 is 10.6 Å². The summed E-state index contributed by atoms with van der Waals surface area (Å²) in [6.45, 7) is 4.09. The zero-order chi connectivity index (χ0) is 16.9. The van der Waals surface area contributed by atoms with Crippen LogP contribution in [0.25, 0.3) is 11.4 Å². The van der Waals surface area contributed by atoms with E-state index in [2.05, 4.69) is 20.6 Å². The first-order valence-corrected chi connectivity index (χ1v) is 8.64. The fourth-order valence-corrected chi connectivity index (χ4v) is 2.98. The third kappa shape index (κ3) is 4.10. The number of nitrogens with one attached hydrogen (secondary N) is 2. The third-order valence-electron chi connectivity index (χ3n) is 4.12. The molecule has 1 aliphatic carbocycles. The van der Waals surface area contributed by atoms with Crippen LogP contribution in [0.2, 0.25) is 0 Å². The third-order valence-corrected chi connectivity index (χ3v) is 4.12. The molecule has 1 aromatic heterocycles. The number of hydrogen-bond acceptors (Lipinski definition) is 4. The van der Waals surface area contributed by atoms with E-state index in [1.165, 1.54) is 12.8 Å². The number of amides is 1. The highest BCUT2D eigenvalue weighted by Crippen LogP contribution is 2.20. The van der Waals surface area contributed by atoms with Crippen molar-refractivity contribution in [1.29, 1.82) is 0 Å².